The first-order valence-electron chi connectivity index (χ1n) is 10.2. The molecule has 2 N–H and O–H groups in total. The molecule has 2 aliphatic rings. The number of nitrogens with zero attached hydrogens (tertiary/aromatic N) is 1. The van der Waals surface area contributed by atoms with Crippen LogP contribution >= 0.6 is 0 Å². The first-order chi connectivity index (χ1) is 12.0. The summed E-state index contributed by atoms with van der Waals surface area (Å²) in [6.07, 6.45) is 8.56. The van der Waals surface area contributed by atoms with E-state index in [1.54, 1.807) is 0 Å². The average molecular weight is 343 g/mol. The summed E-state index contributed by atoms with van der Waals surface area (Å²) in [5.41, 5.74) is 9.74. The van der Waals surface area contributed by atoms with E-state index in [1.165, 1.54) is 49.8 Å². The van der Waals surface area contributed by atoms with Gasteiger partial charge in [-0.25, -0.2) is 0 Å². The third-order valence-electron chi connectivity index (χ3n) is 6.15. The topological polar surface area (TPSA) is 46.3 Å². The first-order valence-corrected chi connectivity index (χ1v) is 10.2. The molecule has 1 saturated carbocycles. The van der Waals surface area contributed by atoms with Crippen LogP contribution in [0, 0.1) is 11.8 Å². The molecule has 3 heteroatoms. The van der Waals surface area contributed by atoms with Crippen LogP contribution in [0.1, 0.15) is 67.4 Å². The van der Waals surface area contributed by atoms with Gasteiger partial charge in [-0.1, -0.05) is 26.0 Å². The van der Waals surface area contributed by atoms with Gasteiger partial charge in [0.2, 0.25) is 0 Å². The van der Waals surface area contributed by atoms with Crippen LogP contribution in [0.15, 0.2) is 18.2 Å². The Morgan fingerprint density at radius 1 is 1.12 bits per heavy atom. The van der Waals surface area contributed by atoms with Gasteiger partial charge in [0.1, 0.15) is 0 Å². The van der Waals surface area contributed by atoms with Crippen molar-refractivity contribution in [3.8, 4) is 0 Å². The third kappa shape index (κ3) is 4.92. The van der Waals surface area contributed by atoms with Crippen molar-refractivity contribution in [1.82, 2.24) is 4.90 Å². The highest BCUT2D eigenvalue weighted by molar-refractivity contribution is 5.97. The Hall–Kier alpha value is -1.19. The number of hydrogen-bond donors (Lipinski definition) is 1. The number of fused-ring (bicyclic) bond motifs is 1. The molecular formula is C22H34N2O. The molecule has 0 amide bonds. The first kappa shape index (κ1) is 18.6. The largest absolute Gasteiger partial charge is 0.328 e. The number of hydrogen-bond acceptors (Lipinski definition) is 3. The van der Waals surface area contributed by atoms with Crippen LogP contribution in [0.5, 0.6) is 0 Å². The van der Waals surface area contributed by atoms with Crippen LogP contribution in [0.4, 0.5) is 0 Å². The zero-order valence-corrected chi connectivity index (χ0v) is 16.0. The summed E-state index contributed by atoms with van der Waals surface area (Å²) in [7, 11) is 0. The van der Waals surface area contributed by atoms with Crippen LogP contribution in [0.3, 0.4) is 0 Å². The summed E-state index contributed by atoms with van der Waals surface area (Å²) in [4.78, 5) is 14.9. The molecule has 0 saturated heterocycles. The molecule has 138 valence electrons. The Bertz CT molecular complexity index is 588. The second-order valence-electron chi connectivity index (χ2n) is 8.41. The molecule has 0 atom stereocenters. The lowest BCUT2D eigenvalue weighted by molar-refractivity contribution is 0.0939. The van der Waals surface area contributed by atoms with E-state index in [2.05, 4.69) is 17.0 Å². The van der Waals surface area contributed by atoms with Gasteiger partial charge in [0.25, 0.3) is 0 Å². The van der Waals surface area contributed by atoms with Crippen LogP contribution in [0.2, 0.25) is 0 Å². The Balaban J connectivity index is 1.54. The number of rotatable bonds is 5. The molecule has 0 bridgehead atoms. The maximum Gasteiger partial charge on any atom is 0.165 e. The molecule has 0 aromatic heterocycles. The molecule has 3 rings (SSSR count). The Morgan fingerprint density at radius 2 is 1.80 bits per heavy atom. The lowest BCUT2D eigenvalue weighted by Gasteiger charge is -2.28. The van der Waals surface area contributed by atoms with Crippen LogP contribution in [0.25, 0.3) is 0 Å². The molecule has 1 aromatic rings. The second-order valence-corrected chi connectivity index (χ2v) is 8.41. The van der Waals surface area contributed by atoms with Crippen LogP contribution in [-0.2, 0) is 12.8 Å². The lowest BCUT2D eigenvalue weighted by Crippen LogP contribution is -2.31. The lowest BCUT2D eigenvalue weighted by atomic mass is 9.84. The van der Waals surface area contributed by atoms with Gasteiger partial charge in [0.15, 0.2) is 5.78 Å². The fourth-order valence-corrected chi connectivity index (χ4v) is 4.32. The molecule has 3 nitrogen and oxygen atoms in total. The number of Topliss-reactive ketones (excluding diaryl/α,β-unsaturated/α-hetero) is 1. The summed E-state index contributed by atoms with van der Waals surface area (Å²) in [5.74, 6) is 1.21. The third-order valence-corrected chi connectivity index (χ3v) is 6.15. The molecule has 0 radical (unpaired) electrons. The molecule has 0 unspecified atom stereocenters. The number of benzene rings is 1. The molecule has 0 spiro atoms. The van der Waals surface area contributed by atoms with Crippen molar-refractivity contribution in [2.45, 2.75) is 64.8 Å². The van der Waals surface area contributed by atoms with Gasteiger partial charge in [-0.2, -0.15) is 0 Å². The van der Waals surface area contributed by atoms with Crippen molar-refractivity contribution in [2.75, 3.05) is 19.6 Å². The smallest absolute Gasteiger partial charge is 0.165 e. The predicted octanol–water partition coefficient (Wildman–Crippen LogP) is 3.83. The zero-order chi connectivity index (χ0) is 17.8. The van der Waals surface area contributed by atoms with E-state index in [4.69, 9.17) is 5.73 Å². The highest BCUT2D eigenvalue weighted by Gasteiger charge is 2.21. The summed E-state index contributed by atoms with van der Waals surface area (Å²) in [6.45, 7) is 7.45. The second kappa shape index (κ2) is 8.46. The van der Waals surface area contributed by atoms with Gasteiger partial charge < -0.3 is 10.6 Å². The monoisotopic (exact) mass is 342 g/mol. The maximum atomic E-state index is 12.3. The van der Waals surface area contributed by atoms with E-state index in [9.17, 15) is 4.79 Å². The summed E-state index contributed by atoms with van der Waals surface area (Å²) in [5, 5.41) is 0. The van der Waals surface area contributed by atoms with Crippen LogP contribution in [-0.4, -0.2) is 36.4 Å². The van der Waals surface area contributed by atoms with E-state index in [1.807, 2.05) is 19.9 Å². The van der Waals surface area contributed by atoms with Crippen molar-refractivity contribution in [1.29, 1.82) is 0 Å². The molecule has 25 heavy (non-hydrogen) atoms. The molecule has 1 aromatic carbocycles. The van der Waals surface area contributed by atoms with Crippen molar-refractivity contribution in [3.05, 3.63) is 34.9 Å². The van der Waals surface area contributed by atoms with Gasteiger partial charge in [-0.15, -0.1) is 0 Å². The fraction of sp³-hybridized carbons (Fsp3) is 0.682. The normalized spacial score (nSPS) is 24.8. The predicted molar refractivity (Wildman–Crippen MR) is 104 cm³/mol. The highest BCUT2D eigenvalue weighted by Crippen LogP contribution is 2.26. The van der Waals surface area contributed by atoms with Gasteiger partial charge in [-0.3, -0.25) is 4.79 Å². The summed E-state index contributed by atoms with van der Waals surface area (Å²) in [6, 6.07) is 6.83. The van der Waals surface area contributed by atoms with E-state index in [0.717, 1.165) is 37.4 Å². The van der Waals surface area contributed by atoms with Crippen molar-refractivity contribution in [3.63, 3.8) is 0 Å². The number of carbonyl (C=O) groups is 1. The van der Waals surface area contributed by atoms with Crippen molar-refractivity contribution < 1.29 is 4.79 Å². The van der Waals surface area contributed by atoms with E-state index in [-0.39, 0.29) is 11.7 Å². The highest BCUT2D eigenvalue weighted by atomic mass is 16.1. The minimum absolute atomic E-state index is 0.0731. The minimum atomic E-state index is 0.0731. The van der Waals surface area contributed by atoms with Gasteiger partial charge in [-0.05, 0) is 74.6 Å². The van der Waals surface area contributed by atoms with Gasteiger partial charge >= 0.3 is 0 Å². The minimum Gasteiger partial charge on any atom is -0.328 e. The number of ketones is 1. The average Bonchev–Trinajstić information content (AvgIpc) is 2.82. The van der Waals surface area contributed by atoms with E-state index in [0.29, 0.717) is 6.04 Å². The fourth-order valence-electron chi connectivity index (χ4n) is 4.32. The molecule has 1 aliphatic heterocycles. The number of carbonyl (C=O) groups excluding carboxylic acids is 1. The SMILES string of the molecule is CC(C)C(=O)c1ccc2c(c1)CCN(CCC1CCC(N)CC1)CC2. The van der Waals surface area contributed by atoms with Crippen molar-refractivity contribution in [2.24, 2.45) is 17.6 Å². The maximum absolute atomic E-state index is 12.3. The quantitative estimate of drug-likeness (QED) is 0.827. The van der Waals surface area contributed by atoms with E-state index < -0.39 is 0 Å². The van der Waals surface area contributed by atoms with Gasteiger partial charge in [0, 0.05) is 30.6 Å². The Labute approximate surface area is 153 Å². The Kier molecular flexibility index (Phi) is 6.29. The van der Waals surface area contributed by atoms with E-state index >= 15 is 0 Å². The molecule has 1 fully saturated rings. The number of nitrogens with two attached hydrogens (primary N) is 1. The van der Waals surface area contributed by atoms with Crippen molar-refractivity contribution >= 4 is 5.78 Å². The molecule has 1 heterocycles. The zero-order valence-electron chi connectivity index (χ0n) is 16.0. The standard InChI is InChI=1S/C22H34N2O/c1-16(2)22(25)20-6-5-18-10-13-24(14-11-19(18)15-20)12-9-17-3-7-21(23)8-4-17/h5-6,15-17,21H,3-4,7-14,23H2,1-2H3. The molecule has 1 aliphatic carbocycles. The summed E-state index contributed by atoms with van der Waals surface area (Å²) < 4.78 is 0. The molecular weight excluding hydrogens is 308 g/mol. The van der Waals surface area contributed by atoms with Gasteiger partial charge in [0.05, 0.1) is 0 Å². The Morgan fingerprint density at radius 3 is 2.48 bits per heavy atom. The summed E-state index contributed by atoms with van der Waals surface area (Å²) >= 11 is 0. The van der Waals surface area contributed by atoms with Crippen LogP contribution < -0.4 is 5.73 Å².